The Morgan fingerprint density at radius 1 is 1.16 bits per heavy atom. The average molecular weight is 511 g/mol. The number of nitrogens with one attached hydrogen (secondary N) is 1. The lowest BCUT2D eigenvalue weighted by molar-refractivity contribution is -0.150. The number of amides is 2. The van der Waals surface area contributed by atoms with Crippen LogP contribution in [0.25, 0.3) is 16.8 Å². The highest BCUT2D eigenvalue weighted by Crippen LogP contribution is 2.41. The Morgan fingerprint density at radius 2 is 1.92 bits per heavy atom. The summed E-state index contributed by atoms with van der Waals surface area (Å²) < 4.78 is 16.9. The molecule has 2 N–H and O–H groups in total. The van der Waals surface area contributed by atoms with E-state index in [-0.39, 0.29) is 19.6 Å². The molecule has 0 aromatic heterocycles. The first-order valence-electron chi connectivity index (χ1n) is 12.3. The summed E-state index contributed by atoms with van der Waals surface area (Å²) in [6, 6.07) is 7.63. The van der Waals surface area contributed by atoms with Crippen molar-refractivity contribution in [1.29, 1.82) is 0 Å². The van der Waals surface area contributed by atoms with Gasteiger partial charge in [0.25, 0.3) is 0 Å². The number of carbonyl (C=O) groups excluding carboxylic acids is 2. The third kappa shape index (κ3) is 5.13. The van der Waals surface area contributed by atoms with Crippen molar-refractivity contribution < 1.29 is 33.7 Å². The third-order valence-electron chi connectivity index (χ3n) is 7.19. The third-order valence-corrected chi connectivity index (χ3v) is 7.19. The summed E-state index contributed by atoms with van der Waals surface area (Å²) in [5, 5.41) is 14.6. The van der Waals surface area contributed by atoms with Gasteiger partial charge >= 0.3 is 12.1 Å². The van der Waals surface area contributed by atoms with E-state index in [4.69, 9.17) is 14.2 Å². The highest BCUT2D eigenvalue weighted by molar-refractivity contribution is 5.91. The van der Waals surface area contributed by atoms with E-state index in [0.717, 1.165) is 21.9 Å². The number of ether oxygens (including phenoxy) is 3. The van der Waals surface area contributed by atoms with Crippen molar-refractivity contribution in [2.75, 3.05) is 27.4 Å². The van der Waals surface area contributed by atoms with Crippen LogP contribution in [0.15, 0.2) is 36.4 Å². The van der Waals surface area contributed by atoms with Gasteiger partial charge in [-0.1, -0.05) is 45.1 Å². The molecule has 2 heterocycles. The Bertz CT molecular complexity index is 1250. The number of rotatable bonds is 3. The Morgan fingerprint density at radius 3 is 2.57 bits per heavy atom. The predicted molar refractivity (Wildman–Crippen MR) is 138 cm³/mol. The van der Waals surface area contributed by atoms with Gasteiger partial charge in [0, 0.05) is 19.1 Å². The highest BCUT2D eigenvalue weighted by Gasteiger charge is 2.52. The monoisotopic (exact) mass is 510 g/mol. The van der Waals surface area contributed by atoms with E-state index < -0.39 is 41.1 Å². The van der Waals surface area contributed by atoms with E-state index in [1.165, 1.54) is 12.0 Å². The standard InChI is InChI=1S/C28H34N2O7/c1-27(2,3)23-24(31)30-16-28(36-5,15-21(30)25(32)33)20-10-9-17-14-22(35-4)18(12-19(17)13-20)8-6-7-11-37-26(34)29-23/h6,8-10,12-14,21,23H,7,11,15-16H2,1-5H3,(H,29,34)(H,32,33)/t21-,23+,28-/m0/s1. The van der Waals surface area contributed by atoms with E-state index in [2.05, 4.69) is 5.32 Å². The maximum absolute atomic E-state index is 13.8. The molecule has 0 unspecified atom stereocenters. The molecule has 198 valence electrons. The number of hydrogen-bond donors (Lipinski definition) is 2. The molecule has 37 heavy (non-hydrogen) atoms. The molecule has 1 fully saturated rings. The fourth-order valence-electron chi connectivity index (χ4n) is 5.09. The summed E-state index contributed by atoms with van der Waals surface area (Å²) >= 11 is 0. The molecule has 0 saturated carbocycles. The number of carboxylic acids is 1. The molecule has 0 spiro atoms. The lowest BCUT2D eigenvalue weighted by atomic mass is 9.85. The molecule has 2 aliphatic rings. The Kier molecular flexibility index (Phi) is 7.19. The van der Waals surface area contributed by atoms with Crippen molar-refractivity contribution in [3.63, 3.8) is 0 Å². The van der Waals surface area contributed by atoms with Crippen molar-refractivity contribution in [2.45, 2.75) is 51.3 Å². The molecule has 9 nitrogen and oxygen atoms in total. The number of benzene rings is 2. The van der Waals surface area contributed by atoms with Crippen LogP contribution in [0.5, 0.6) is 5.75 Å². The Hall–Kier alpha value is -3.59. The van der Waals surface area contributed by atoms with Crippen LogP contribution >= 0.6 is 0 Å². The fourth-order valence-corrected chi connectivity index (χ4v) is 5.09. The average Bonchev–Trinajstić information content (AvgIpc) is 3.26. The van der Waals surface area contributed by atoms with Crippen LogP contribution in [-0.2, 0) is 24.7 Å². The lowest BCUT2D eigenvalue weighted by Crippen LogP contribution is -2.57. The van der Waals surface area contributed by atoms with Crippen molar-refractivity contribution in [1.82, 2.24) is 10.2 Å². The molecule has 2 aliphatic heterocycles. The highest BCUT2D eigenvalue weighted by atomic mass is 16.5. The van der Waals surface area contributed by atoms with Gasteiger partial charge in [-0.2, -0.15) is 0 Å². The number of hydrogen-bond acceptors (Lipinski definition) is 6. The second-order valence-electron chi connectivity index (χ2n) is 10.6. The number of fused-ring (bicyclic) bond motifs is 5. The van der Waals surface area contributed by atoms with Gasteiger partial charge in [-0.25, -0.2) is 9.59 Å². The Balaban J connectivity index is 1.87. The molecule has 0 aliphatic carbocycles. The first-order valence-corrected chi connectivity index (χ1v) is 12.3. The molecule has 2 aromatic carbocycles. The quantitative estimate of drug-likeness (QED) is 0.643. The molecule has 1 saturated heterocycles. The number of aliphatic carboxylic acids is 1. The lowest BCUT2D eigenvalue weighted by Gasteiger charge is -2.35. The summed E-state index contributed by atoms with van der Waals surface area (Å²) in [5.41, 5.74) is -0.116. The van der Waals surface area contributed by atoms with Crippen LogP contribution in [0, 0.1) is 5.41 Å². The van der Waals surface area contributed by atoms with Crippen LogP contribution < -0.4 is 10.1 Å². The molecular formula is C28H34N2O7. The van der Waals surface area contributed by atoms with Crippen LogP contribution in [0.1, 0.15) is 44.7 Å². The minimum atomic E-state index is -1.13. The largest absolute Gasteiger partial charge is 0.496 e. The number of methoxy groups -OCH3 is 2. The van der Waals surface area contributed by atoms with Crippen molar-refractivity contribution in [3.05, 3.63) is 47.5 Å². The van der Waals surface area contributed by atoms with Crippen molar-refractivity contribution >= 4 is 34.8 Å². The second kappa shape index (κ2) is 10.0. The molecule has 2 aromatic rings. The number of carboxylic acid groups (broad SMARTS) is 1. The maximum Gasteiger partial charge on any atom is 0.407 e. The number of nitrogens with zero attached hydrogens (tertiary/aromatic N) is 1. The van der Waals surface area contributed by atoms with Crippen molar-refractivity contribution in [3.8, 4) is 5.75 Å². The summed E-state index contributed by atoms with van der Waals surface area (Å²) in [6.07, 6.45) is 3.60. The first kappa shape index (κ1) is 26.5. The van der Waals surface area contributed by atoms with Crippen molar-refractivity contribution in [2.24, 2.45) is 5.41 Å². The SMILES string of the molecule is COc1cc2ccc3cc2cc1C=CCCOC(=O)N[C@@H](C(C)(C)C)C(=O)N1C[C@@]3(OC)C[C@H]1C(=O)O. The van der Waals surface area contributed by atoms with E-state index >= 15 is 0 Å². The summed E-state index contributed by atoms with van der Waals surface area (Å²) in [6.45, 7) is 5.57. The van der Waals surface area contributed by atoms with Gasteiger partial charge in [-0.3, -0.25) is 4.79 Å². The van der Waals surface area contributed by atoms with Crippen LogP contribution in [0.3, 0.4) is 0 Å². The molecule has 0 radical (unpaired) electrons. The minimum absolute atomic E-state index is 0.0248. The zero-order chi connectivity index (χ0) is 27.0. The number of alkyl carbamates (subject to hydrolysis) is 1. The second-order valence-corrected chi connectivity index (χ2v) is 10.6. The zero-order valence-corrected chi connectivity index (χ0v) is 21.9. The van der Waals surface area contributed by atoms with E-state index in [1.807, 2.05) is 63.3 Å². The molecule has 2 amide bonds. The first-order chi connectivity index (χ1) is 17.5. The van der Waals surface area contributed by atoms with Gasteiger partial charge in [-0.15, -0.1) is 0 Å². The Labute approximate surface area is 216 Å². The van der Waals surface area contributed by atoms with Gasteiger partial charge in [0.15, 0.2) is 0 Å². The minimum Gasteiger partial charge on any atom is -0.496 e. The van der Waals surface area contributed by atoms with Crippen LogP contribution in [0.4, 0.5) is 4.79 Å². The molecule has 9 heteroatoms. The van der Waals surface area contributed by atoms with Gasteiger partial charge in [0.1, 0.15) is 23.4 Å². The fraction of sp³-hybridized carbons (Fsp3) is 0.464. The van der Waals surface area contributed by atoms with Gasteiger partial charge in [-0.05, 0) is 46.4 Å². The van der Waals surface area contributed by atoms with Gasteiger partial charge in [0.05, 0.1) is 20.3 Å². The maximum atomic E-state index is 13.8. The topological polar surface area (TPSA) is 114 Å². The molecule has 3 atom stereocenters. The molecule has 4 rings (SSSR count). The van der Waals surface area contributed by atoms with E-state index in [9.17, 15) is 19.5 Å². The summed E-state index contributed by atoms with van der Waals surface area (Å²) in [7, 11) is 3.14. The smallest absolute Gasteiger partial charge is 0.407 e. The summed E-state index contributed by atoms with van der Waals surface area (Å²) in [5.74, 6) is -0.922. The van der Waals surface area contributed by atoms with Crippen LogP contribution in [-0.4, -0.2) is 67.4 Å². The normalized spacial score (nSPS) is 24.7. The zero-order valence-electron chi connectivity index (χ0n) is 21.9. The molecular weight excluding hydrogens is 476 g/mol. The summed E-state index contributed by atoms with van der Waals surface area (Å²) in [4.78, 5) is 40.1. The van der Waals surface area contributed by atoms with E-state index in [0.29, 0.717) is 12.2 Å². The number of cyclic esters (lactones) is 1. The number of carbonyl (C=O) groups is 3. The predicted octanol–water partition coefficient (Wildman–Crippen LogP) is 3.93. The van der Waals surface area contributed by atoms with Crippen LogP contribution in [0.2, 0.25) is 0 Å². The van der Waals surface area contributed by atoms with E-state index in [1.54, 1.807) is 7.11 Å². The molecule has 5 bridgehead atoms. The van der Waals surface area contributed by atoms with Gasteiger partial charge < -0.3 is 29.5 Å². The van der Waals surface area contributed by atoms with Gasteiger partial charge in [0.2, 0.25) is 5.91 Å².